The molecule has 0 unspecified atom stereocenters. The van der Waals surface area contributed by atoms with Gasteiger partial charge in [0.15, 0.2) is 0 Å². The predicted molar refractivity (Wildman–Crippen MR) is 50.8 cm³/mol. The van der Waals surface area contributed by atoms with Crippen molar-refractivity contribution >= 4 is 0 Å². The van der Waals surface area contributed by atoms with E-state index in [0.29, 0.717) is 0 Å². The van der Waals surface area contributed by atoms with E-state index in [0.717, 1.165) is 30.8 Å². The van der Waals surface area contributed by atoms with Gasteiger partial charge in [0, 0.05) is 18.2 Å². The molecule has 0 spiro atoms. The highest BCUT2D eigenvalue weighted by atomic mass is 16.1. The van der Waals surface area contributed by atoms with Crippen LogP contribution in [0, 0.1) is 0 Å². The second-order valence-corrected chi connectivity index (χ2v) is 3.76. The third-order valence-electron chi connectivity index (χ3n) is 2.47. The monoisotopic (exact) mass is 181 g/mol. The molecule has 1 aliphatic rings. The quantitative estimate of drug-likeness (QED) is 0.659. The maximum atomic E-state index is 11.8. The Kier molecular flexibility index (Phi) is 2.00. The Morgan fingerprint density at radius 2 is 2.23 bits per heavy atom. The summed E-state index contributed by atoms with van der Waals surface area (Å²) in [4.78, 5) is 11.8. The van der Waals surface area contributed by atoms with Gasteiger partial charge in [0.2, 0.25) is 0 Å². The van der Waals surface area contributed by atoms with Crippen LogP contribution in [0.2, 0.25) is 0 Å². The average molecular weight is 181 g/mol. The Bertz CT molecular complexity index is 361. The summed E-state index contributed by atoms with van der Waals surface area (Å²) in [7, 11) is 0. The molecule has 2 N–H and O–H groups in total. The molecule has 4 nitrogen and oxygen atoms in total. The summed E-state index contributed by atoms with van der Waals surface area (Å²) in [5.74, 6) is 0. The van der Waals surface area contributed by atoms with Gasteiger partial charge in [0.1, 0.15) is 0 Å². The molecular formula is C9H15N3O. The minimum absolute atomic E-state index is 0.159. The van der Waals surface area contributed by atoms with Crippen molar-refractivity contribution in [3.05, 3.63) is 21.6 Å². The van der Waals surface area contributed by atoms with Gasteiger partial charge in [0.25, 0.3) is 5.56 Å². The third kappa shape index (κ3) is 1.31. The number of hydrogen-bond acceptors (Lipinski definition) is 2. The molecule has 0 atom stereocenters. The second-order valence-electron chi connectivity index (χ2n) is 3.76. The summed E-state index contributed by atoms with van der Waals surface area (Å²) in [6.45, 7) is 5.73. The minimum atomic E-state index is 0.159. The van der Waals surface area contributed by atoms with Crippen molar-refractivity contribution in [1.29, 1.82) is 0 Å². The van der Waals surface area contributed by atoms with Crippen LogP contribution in [0.4, 0.5) is 0 Å². The number of aromatic amines is 1. The average Bonchev–Trinajstić information content (AvgIpc) is 2.45. The van der Waals surface area contributed by atoms with Crippen molar-refractivity contribution in [3.8, 4) is 0 Å². The number of rotatable bonds is 1. The van der Waals surface area contributed by atoms with E-state index in [1.165, 1.54) is 0 Å². The Labute approximate surface area is 76.9 Å². The molecular weight excluding hydrogens is 166 g/mol. The lowest BCUT2D eigenvalue weighted by Crippen LogP contribution is -2.27. The summed E-state index contributed by atoms with van der Waals surface area (Å²) >= 11 is 0. The highest BCUT2D eigenvalue weighted by Gasteiger charge is 2.17. The van der Waals surface area contributed by atoms with Crippen LogP contribution in [0.3, 0.4) is 0 Å². The summed E-state index contributed by atoms with van der Waals surface area (Å²) in [5.41, 5.74) is 2.18. The molecule has 1 aromatic heterocycles. The molecule has 0 bridgehead atoms. The molecule has 2 heterocycles. The number of fused-ring (bicyclic) bond motifs is 1. The van der Waals surface area contributed by atoms with Crippen molar-refractivity contribution in [2.45, 2.75) is 32.9 Å². The van der Waals surface area contributed by atoms with E-state index in [9.17, 15) is 4.79 Å². The Balaban J connectivity index is 2.51. The lowest BCUT2D eigenvalue weighted by Gasteiger charge is -2.09. The van der Waals surface area contributed by atoms with Gasteiger partial charge < -0.3 is 5.32 Å². The van der Waals surface area contributed by atoms with Gasteiger partial charge in [-0.25, -0.2) is 0 Å². The van der Waals surface area contributed by atoms with E-state index in [1.54, 1.807) is 4.68 Å². The molecule has 1 aromatic rings. The van der Waals surface area contributed by atoms with Gasteiger partial charge in [0.05, 0.1) is 5.69 Å². The summed E-state index contributed by atoms with van der Waals surface area (Å²) < 4.78 is 1.71. The van der Waals surface area contributed by atoms with Crippen molar-refractivity contribution in [2.75, 3.05) is 6.54 Å². The Morgan fingerprint density at radius 1 is 1.46 bits per heavy atom. The first-order valence-electron chi connectivity index (χ1n) is 4.73. The van der Waals surface area contributed by atoms with Gasteiger partial charge in [-0.05, 0) is 26.8 Å². The first-order valence-corrected chi connectivity index (χ1v) is 4.73. The summed E-state index contributed by atoms with van der Waals surface area (Å²) in [5, 5.41) is 6.38. The van der Waals surface area contributed by atoms with Gasteiger partial charge in [-0.2, -0.15) is 0 Å². The first-order chi connectivity index (χ1) is 6.20. The molecule has 0 fully saturated rings. The standard InChI is InChI=1S/C9H15N3O/c1-6(2)12-9(13)7-3-4-10-5-8(7)11-12/h6,10-11H,3-5H2,1-2H3. The Hall–Kier alpha value is -1.03. The molecule has 0 saturated carbocycles. The van der Waals surface area contributed by atoms with Crippen LogP contribution in [0.15, 0.2) is 4.79 Å². The number of aromatic nitrogens is 2. The minimum Gasteiger partial charge on any atom is -0.311 e. The molecule has 4 heteroatoms. The first kappa shape index (κ1) is 8.56. The van der Waals surface area contributed by atoms with Crippen LogP contribution in [-0.4, -0.2) is 16.3 Å². The van der Waals surface area contributed by atoms with Gasteiger partial charge in [-0.15, -0.1) is 0 Å². The topological polar surface area (TPSA) is 49.8 Å². The summed E-state index contributed by atoms with van der Waals surface area (Å²) in [6, 6.07) is 0.220. The van der Waals surface area contributed by atoms with E-state index in [-0.39, 0.29) is 11.6 Å². The van der Waals surface area contributed by atoms with E-state index >= 15 is 0 Å². The van der Waals surface area contributed by atoms with E-state index in [1.807, 2.05) is 13.8 Å². The number of hydrogen-bond donors (Lipinski definition) is 2. The van der Waals surface area contributed by atoms with Crippen molar-refractivity contribution in [2.24, 2.45) is 0 Å². The highest BCUT2D eigenvalue weighted by Crippen LogP contribution is 2.09. The third-order valence-corrected chi connectivity index (χ3v) is 2.47. The number of nitrogens with zero attached hydrogens (tertiary/aromatic N) is 1. The van der Waals surface area contributed by atoms with Crippen LogP contribution in [0.1, 0.15) is 31.1 Å². The fraction of sp³-hybridized carbons (Fsp3) is 0.667. The van der Waals surface area contributed by atoms with Crippen molar-refractivity contribution in [1.82, 2.24) is 15.1 Å². The molecule has 0 aliphatic carbocycles. The molecule has 1 aliphatic heterocycles. The van der Waals surface area contributed by atoms with Crippen molar-refractivity contribution < 1.29 is 0 Å². The molecule has 0 saturated heterocycles. The van der Waals surface area contributed by atoms with E-state index < -0.39 is 0 Å². The lowest BCUT2D eigenvalue weighted by atomic mass is 10.1. The second kappa shape index (κ2) is 3.03. The molecule has 0 aromatic carbocycles. The number of H-pyrrole nitrogens is 1. The maximum Gasteiger partial charge on any atom is 0.270 e. The Morgan fingerprint density at radius 3 is 2.85 bits per heavy atom. The van der Waals surface area contributed by atoms with E-state index in [2.05, 4.69) is 10.4 Å². The molecule has 2 rings (SSSR count). The van der Waals surface area contributed by atoms with Crippen molar-refractivity contribution in [3.63, 3.8) is 0 Å². The fourth-order valence-corrected chi connectivity index (χ4v) is 1.73. The fourth-order valence-electron chi connectivity index (χ4n) is 1.73. The molecule has 0 radical (unpaired) electrons. The maximum absolute atomic E-state index is 11.8. The van der Waals surface area contributed by atoms with Gasteiger partial charge >= 0.3 is 0 Å². The van der Waals surface area contributed by atoms with Crippen LogP contribution in [0.5, 0.6) is 0 Å². The SMILES string of the molecule is CC(C)n1[nH]c2c(c1=O)CCNC2. The molecule has 13 heavy (non-hydrogen) atoms. The lowest BCUT2D eigenvalue weighted by molar-refractivity contribution is 0.509. The van der Waals surface area contributed by atoms with Gasteiger partial charge in [-0.3, -0.25) is 14.6 Å². The highest BCUT2D eigenvalue weighted by molar-refractivity contribution is 5.20. The zero-order chi connectivity index (χ0) is 9.42. The predicted octanol–water partition coefficient (Wildman–Crippen LogP) is 0.403. The van der Waals surface area contributed by atoms with Crippen LogP contribution >= 0.6 is 0 Å². The van der Waals surface area contributed by atoms with E-state index in [4.69, 9.17) is 0 Å². The normalized spacial score (nSPS) is 16.2. The largest absolute Gasteiger partial charge is 0.311 e. The molecule has 72 valence electrons. The van der Waals surface area contributed by atoms with Crippen LogP contribution < -0.4 is 10.9 Å². The zero-order valence-electron chi connectivity index (χ0n) is 8.05. The number of nitrogens with one attached hydrogen (secondary N) is 2. The van der Waals surface area contributed by atoms with Gasteiger partial charge in [-0.1, -0.05) is 0 Å². The smallest absolute Gasteiger partial charge is 0.270 e. The zero-order valence-corrected chi connectivity index (χ0v) is 8.05. The van der Waals surface area contributed by atoms with Crippen LogP contribution in [-0.2, 0) is 13.0 Å². The van der Waals surface area contributed by atoms with Crippen LogP contribution in [0.25, 0.3) is 0 Å². The summed E-state index contributed by atoms with van der Waals surface area (Å²) in [6.07, 6.45) is 0.852. The molecule has 0 amide bonds.